The summed E-state index contributed by atoms with van der Waals surface area (Å²) in [5.41, 5.74) is 0. The molecule has 1 saturated heterocycles. The van der Waals surface area contributed by atoms with Crippen LogP contribution >= 0.6 is 0 Å². The van der Waals surface area contributed by atoms with E-state index in [2.05, 4.69) is 0 Å². The maximum Gasteiger partial charge on any atom is 0.266 e. The van der Waals surface area contributed by atoms with Crippen molar-refractivity contribution in [2.45, 2.75) is 12.5 Å². The van der Waals surface area contributed by atoms with Crippen LogP contribution < -0.4 is 0 Å². The summed E-state index contributed by atoms with van der Waals surface area (Å²) in [6.45, 7) is 0.613. The SMILES string of the molecule is O=CN1CCOC(C(F)F)C1. The smallest absolute Gasteiger partial charge is 0.266 e. The Hall–Kier alpha value is -0.710. The van der Waals surface area contributed by atoms with E-state index in [0.29, 0.717) is 13.0 Å². The van der Waals surface area contributed by atoms with Gasteiger partial charge in [-0.2, -0.15) is 0 Å². The lowest BCUT2D eigenvalue weighted by Gasteiger charge is -2.29. The summed E-state index contributed by atoms with van der Waals surface area (Å²) in [5, 5.41) is 0. The lowest BCUT2D eigenvalue weighted by atomic mass is 10.3. The second-order valence-corrected chi connectivity index (χ2v) is 2.34. The van der Waals surface area contributed by atoms with Crippen LogP contribution in [0.15, 0.2) is 0 Å². The minimum Gasteiger partial charge on any atom is -0.369 e. The lowest BCUT2D eigenvalue weighted by Crippen LogP contribution is -2.44. The Morgan fingerprint density at radius 2 is 2.36 bits per heavy atom. The maximum absolute atomic E-state index is 12.0. The second kappa shape index (κ2) is 3.61. The quantitative estimate of drug-likeness (QED) is 0.543. The van der Waals surface area contributed by atoms with E-state index in [4.69, 9.17) is 4.74 Å². The Morgan fingerprint density at radius 1 is 1.64 bits per heavy atom. The second-order valence-electron chi connectivity index (χ2n) is 2.34. The molecule has 1 fully saturated rings. The van der Waals surface area contributed by atoms with Crippen LogP contribution in [0, 0.1) is 0 Å². The van der Waals surface area contributed by atoms with Crippen LogP contribution in [0.25, 0.3) is 0 Å². The van der Waals surface area contributed by atoms with Gasteiger partial charge in [-0.15, -0.1) is 0 Å². The molecule has 0 N–H and O–H groups in total. The molecule has 5 heteroatoms. The van der Waals surface area contributed by atoms with Gasteiger partial charge in [0, 0.05) is 6.54 Å². The highest BCUT2D eigenvalue weighted by Gasteiger charge is 2.26. The van der Waals surface area contributed by atoms with Gasteiger partial charge in [-0.3, -0.25) is 4.79 Å². The van der Waals surface area contributed by atoms with E-state index in [9.17, 15) is 13.6 Å². The van der Waals surface area contributed by atoms with Crippen LogP contribution in [0.5, 0.6) is 0 Å². The number of rotatable bonds is 2. The van der Waals surface area contributed by atoms with Crippen molar-refractivity contribution in [3.05, 3.63) is 0 Å². The molecule has 1 atom stereocenters. The fourth-order valence-electron chi connectivity index (χ4n) is 0.945. The molecular weight excluding hydrogens is 156 g/mol. The molecule has 1 aliphatic heterocycles. The van der Waals surface area contributed by atoms with Crippen LogP contribution in [0.4, 0.5) is 8.78 Å². The van der Waals surface area contributed by atoms with E-state index in [-0.39, 0.29) is 13.2 Å². The van der Waals surface area contributed by atoms with Crippen molar-refractivity contribution in [3.8, 4) is 0 Å². The zero-order chi connectivity index (χ0) is 8.27. The molecule has 0 radical (unpaired) electrons. The first kappa shape index (κ1) is 8.39. The molecule has 1 aliphatic rings. The lowest BCUT2D eigenvalue weighted by molar-refractivity contribution is -0.134. The summed E-state index contributed by atoms with van der Waals surface area (Å²) in [5.74, 6) is 0. The molecule has 3 nitrogen and oxygen atoms in total. The molecule has 1 amide bonds. The largest absolute Gasteiger partial charge is 0.369 e. The van der Waals surface area contributed by atoms with E-state index in [1.165, 1.54) is 4.90 Å². The van der Waals surface area contributed by atoms with E-state index in [1.54, 1.807) is 0 Å². The average molecular weight is 165 g/mol. The van der Waals surface area contributed by atoms with Crippen LogP contribution in [-0.2, 0) is 9.53 Å². The molecule has 0 aromatic rings. The fourth-order valence-corrected chi connectivity index (χ4v) is 0.945. The molecule has 1 unspecified atom stereocenters. The number of nitrogens with zero attached hydrogens (tertiary/aromatic N) is 1. The van der Waals surface area contributed by atoms with Crippen LogP contribution in [-0.4, -0.2) is 43.5 Å². The molecule has 11 heavy (non-hydrogen) atoms. The van der Waals surface area contributed by atoms with Crippen molar-refractivity contribution < 1.29 is 18.3 Å². The van der Waals surface area contributed by atoms with Crippen LogP contribution in [0.3, 0.4) is 0 Å². The molecule has 0 aromatic carbocycles. The fraction of sp³-hybridized carbons (Fsp3) is 0.833. The number of alkyl halides is 2. The van der Waals surface area contributed by atoms with Crippen molar-refractivity contribution in [1.82, 2.24) is 4.90 Å². The standard InChI is InChI=1S/C6H9F2NO2/c7-6(8)5-3-9(4-10)1-2-11-5/h4-6H,1-3H2. The number of carbonyl (C=O) groups excluding carboxylic acids is 1. The zero-order valence-electron chi connectivity index (χ0n) is 5.87. The van der Waals surface area contributed by atoms with Crippen molar-refractivity contribution in [2.24, 2.45) is 0 Å². The molecule has 0 aliphatic carbocycles. The summed E-state index contributed by atoms with van der Waals surface area (Å²) in [4.78, 5) is 11.4. The Labute approximate surface area is 62.9 Å². The van der Waals surface area contributed by atoms with Crippen molar-refractivity contribution in [1.29, 1.82) is 0 Å². The Balaban J connectivity index is 2.39. The molecule has 0 bridgehead atoms. The van der Waals surface area contributed by atoms with E-state index in [0.717, 1.165) is 0 Å². The van der Waals surface area contributed by atoms with Gasteiger partial charge in [0.25, 0.3) is 6.43 Å². The molecule has 0 spiro atoms. The Bertz CT molecular complexity index is 143. The van der Waals surface area contributed by atoms with Crippen molar-refractivity contribution in [3.63, 3.8) is 0 Å². The van der Waals surface area contributed by atoms with Gasteiger partial charge in [-0.25, -0.2) is 8.78 Å². The van der Waals surface area contributed by atoms with Gasteiger partial charge in [-0.1, -0.05) is 0 Å². The third-order valence-corrected chi connectivity index (χ3v) is 1.55. The summed E-state index contributed by atoms with van der Waals surface area (Å²) in [6, 6.07) is 0. The van der Waals surface area contributed by atoms with E-state index < -0.39 is 12.5 Å². The van der Waals surface area contributed by atoms with Crippen molar-refractivity contribution >= 4 is 6.41 Å². The first-order chi connectivity index (χ1) is 5.24. The predicted octanol–water partition coefficient (Wildman–Crippen LogP) is 0.109. The molecule has 1 heterocycles. The molecule has 1 rings (SSSR count). The summed E-state index contributed by atoms with van der Waals surface area (Å²) in [7, 11) is 0. The number of ether oxygens (including phenoxy) is 1. The number of amides is 1. The summed E-state index contributed by atoms with van der Waals surface area (Å²) >= 11 is 0. The molecular formula is C6H9F2NO2. The van der Waals surface area contributed by atoms with Gasteiger partial charge in [0.2, 0.25) is 6.41 Å². The topological polar surface area (TPSA) is 29.5 Å². The first-order valence-electron chi connectivity index (χ1n) is 3.33. The van der Waals surface area contributed by atoms with Crippen LogP contribution in [0.2, 0.25) is 0 Å². The zero-order valence-corrected chi connectivity index (χ0v) is 5.87. The highest BCUT2D eigenvalue weighted by molar-refractivity contribution is 5.47. The summed E-state index contributed by atoms with van der Waals surface area (Å²) in [6.07, 6.45) is -3.04. The third-order valence-electron chi connectivity index (χ3n) is 1.55. The van der Waals surface area contributed by atoms with Gasteiger partial charge >= 0.3 is 0 Å². The third kappa shape index (κ3) is 2.11. The Morgan fingerprint density at radius 3 is 2.91 bits per heavy atom. The number of hydrogen-bond acceptors (Lipinski definition) is 2. The van der Waals surface area contributed by atoms with Crippen LogP contribution in [0.1, 0.15) is 0 Å². The average Bonchev–Trinajstić information content (AvgIpc) is 2.05. The van der Waals surface area contributed by atoms with Gasteiger partial charge < -0.3 is 9.64 Å². The number of carbonyl (C=O) groups is 1. The highest BCUT2D eigenvalue weighted by Crippen LogP contribution is 2.10. The van der Waals surface area contributed by atoms with Gasteiger partial charge in [0.15, 0.2) is 0 Å². The minimum atomic E-state index is -2.50. The van der Waals surface area contributed by atoms with E-state index >= 15 is 0 Å². The normalized spacial score (nSPS) is 25.7. The minimum absolute atomic E-state index is 0.00116. The highest BCUT2D eigenvalue weighted by atomic mass is 19.3. The number of morpholine rings is 1. The van der Waals surface area contributed by atoms with Gasteiger partial charge in [-0.05, 0) is 0 Å². The van der Waals surface area contributed by atoms with E-state index in [1.807, 2.05) is 0 Å². The van der Waals surface area contributed by atoms with Gasteiger partial charge in [0.05, 0.1) is 13.2 Å². The first-order valence-corrected chi connectivity index (χ1v) is 3.33. The number of halogens is 2. The maximum atomic E-state index is 12.0. The number of hydrogen-bond donors (Lipinski definition) is 0. The molecule has 64 valence electrons. The predicted molar refractivity (Wildman–Crippen MR) is 33.4 cm³/mol. The molecule has 0 aromatic heterocycles. The Kier molecular flexibility index (Phi) is 2.76. The monoisotopic (exact) mass is 165 g/mol. The van der Waals surface area contributed by atoms with Gasteiger partial charge in [0.1, 0.15) is 6.10 Å². The van der Waals surface area contributed by atoms with Crippen molar-refractivity contribution in [2.75, 3.05) is 19.7 Å². The summed E-state index contributed by atoms with van der Waals surface area (Å²) < 4.78 is 28.6. The molecule has 0 saturated carbocycles.